The first-order valence-electron chi connectivity index (χ1n) is 7.01. The van der Waals surface area contributed by atoms with Gasteiger partial charge in [-0.05, 0) is 30.7 Å². The van der Waals surface area contributed by atoms with Crippen LogP contribution in [-0.4, -0.2) is 16.0 Å². The fourth-order valence-corrected chi connectivity index (χ4v) is 2.33. The summed E-state index contributed by atoms with van der Waals surface area (Å²) in [5, 5.41) is 12.5. The van der Waals surface area contributed by atoms with Crippen molar-refractivity contribution in [3.05, 3.63) is 65.4 Å². The van der Waals surface area contributed by atoms with E-state index in [4.69, 9.17) is 0 Å². The third-order valence-electron chi connectivity index (χ3n) is 3.63. The van der Waals surface area contributed by atoms with Crippen LogP contribution in [0.1, 0.15) is 28.9 Å². The number of aliphatic hydroxyl groups is 1. The zero-order valence-corrected chi connectivity index (χ0v) is 12.2. The first kappa shape index (κ1) is 15.2. The van der Waals surface area contributed by atoms with Crippen molar-refractivity contribution in [1.82, 2.24) is 4.98 Å². The lowest BCUT2D eigenvalue weighted by atomic mass is 10.1. The van der Waals surface area contributed by atoms with Crippen LogP contribution >= 0.6 is 0 Å². The van der Waals surface area contributed by atoms with E-state index in [-0.39, 0.29) is 5.91 Å². The van der Waals surface area contributed by atoms with Gasteiger partial charge in [0, 0.05) is 23.2 Å². The van der Waals surface area contributed by atoms with Gasteiger partial charge in [-0.15, -0.1) is 0 Å². The van der Waals surface area contributed by atoms with E-state index in [1.54, 1.807) is 31.2 Å². The summed E-state index contributed by atoms with van der Waals surface area (Å²) in [6.45, 7) is 1.63. The van der Waals surface area contributed by atoms with Gasteiger partial charge >= 0.3 is 0 Å². The normalized spacial score (nSPS) is 12.3. The molecule has 118 valence electrons. The molecule has 0 bridgehead atoms. The number of rotatable bonds is 3. The smallest absolute Gasteiger partial charge is 0.255 e. The number of hydrogen-bond donors (Lipinski definition) is 3. The van der Waals surface area contributed by atoms with Crippen molar-refractivity contribution in [2.24, 2.45) is 0 Å². The highest BCUT2D eigenvalue weighted by molar-refractivity contribution is 6.09. The highest BCUT2D eigenvalue weighted by Crippen LogP contribution is 2.26. The van der Waals surface area contributed by atoms with Crippen molar-refractivity contribution in [3.8, 4) is 0 Å². The fourth-order valence-electron chi connectivity index (χ4n) is 2.33. The summed E-state index contributed by atoms with van der Waals surface area (Å²) < 4.78 is 26.5. The number of benzene rings is 2. The number of aliphatic hydroxyl groups excluding tert-OH is 1. The van der Waals surface area contributed by atoms with Gasteiger partial charge in [0.15, 0.2) is 11.6 Å². The molecule has 0 radical (unpaired) electrons. The van der Waals surface area contributed by atoms with E-state index in [9.17, 15) is 18.7 Å². The molecule has 6 heteroatoms. The molecule has 1 unspecified atom stereocenters. The van der Waals surface area contributed by atoms with Crippen molar-refractivity contribution in [2.75, 3.05) is 5.32 Å². The Bertz CT molecular complexity index is 870. The Hall–Kier alpha value is -2.73. The molecule has 1 atom stereocenters. The number of anilines is 1. The number of nitrogens with one attached hydrogen (secondary N) is 2. The summed E-state index contributed by atoms with van der Waals surface area (Å²) in [5.41, 5.74) is 1.85. The minimum absolute atomic E-state index is 0.364. The Morgan fingerprint density at radius 3 is 2.48 bits per heavy atom. The summed E-state index contributed by atoms with van der Waals surface area (Å²) in [5.74, 6) is -2.31. The van der Waals surface area contributed by atoms with Crippen LogP contribution in [0.5, 0.6) is 0 Å². The molecule has 23 heavy (non-hydrogen) atoms. The van der Waals surface area contributed by atoms with Crippen molar-refractivity contribution in [2.45, 2.75) is 13.0 Å². The van der Waals surface area contributed by atoms with Gasteiger partial charge in [-0.25, -0.2) is 8.78 Å². The molecule has 1 aromatic heterocycles. The molecule has 1 heterocycles. The molecule has 0 aliphatic rings. The summed E-state index contributed by atoms with van der Waals surface area (Å²) in [6.07, 6.45) is 0.865. The molecule has 0 fully saturated rings. The average Bonchev–Trinajstić information content (AvgIpc) is 2.90. The number of amides is 1. The molecule has 0 saturated heterocycles. The van der Waals surface area contributed by atoms with E-state index in [1.165, 1.54) is 6.20 Å². The molecule has 3 N–H and O–H groups in total. The zero-order valence-electron chi connectivity index (χ0n) is 12.2. The van der Waals surface area contributed by atoms with Crippen molar-refractivity contribution < 1.29 is 18.7 Å². The maximum Gasteiger partial charge on any atom is 0.255 e. The molecule has 0 aliphatic heterocycles. The van der Waals surface area contributed by atoms with E-state index in [0.717, 1.165) is 12.1 Å². The standard InChI is InChI=1S/C17H14F2N2O2/c1-9(22)10-2-4-11(5-3-10)17(23)21-16-8-20-15-7-14(19)13(18)6-12(15)16/h2-9,20,22H,1H3,(H,21,23). The van der Waals surface area contributed by atoms with Crippen LogP contribution in [0.3, 0.4) is 0 Å². The number of carbonyl (C=O) groups excluding carboxylic acids is 1. The molecule has 3 aromatic rings. The van der Waals surface area contributed by atoms with Gasteiger partial charge in [-0.1, -0.05) is 12.1 Å². The molecule has 3 rings (SSSR count). The van der Waals surface area contributed by atoms with E-state index in [2.05, 4.69) is 10.3 Å². The van der Waals surface area contributed by atoms with Crippen LogP contribution in [-0.2, 0) is 0 Å². The number of hydrogen-bond acceptors (Lipinski definition) is 2. The molecule has 0 saturated carbocycles. The van der Waals surface area contributed by atoms with Gasteiger partial charge in [-0.3, -0.25) is 4.79 Å². The summed E-state index contributed by atoms with van der Waals surface area (Å²) >= 11 is 0. The maximum absolute atomic E-state index is 13.4. The molecule has 0 spiro atoms. The first-order chi connectivity index (χ1) is 11.0. The van der Waals surface area contributed by atoms with Crippen LogP contribution in [0.25, 0.3) is 10.9 Å². The molecule has 2 aromatic carbocycles. The van der Waals surface area contributed by atoms with Crippen molar-refractivity contribution >= 4 is 22.5 Å². The second-order valence-corrected chi connectivity index (χ2v) is 5.27. The van der Waals surface area contributed by atoms with E-state index >= 15 is 0 Å². The summed E-state index contributed by atoms with van der Waals surface area (Å²) in [7, 11) is 0. The predicted octanol–water partition coefficient (Wildman–Crippen LogP) is 3.75. The van der Waals surface area contributed by atoms with Gasteiger partial charge in [0.2, 0.25) is 0 Å². The van der Waals surface area contributed by atoms with Crippen LogP contribution in [0, 0.1) is 11.6 Å². The van der Waals surface area contributed by atoms with Crippen molar-refractivity contribution in [3.63, 3.8) is 0 Å². The van der Waals surface area contributed by atoms with Gasteiger partial charge in [0.25, 0.3) is 5.91 Å². The van der Waals surface area contributed by atoms with E-state index in [1.807, 2.05) is 0 Å². The number of H-pyrrole nitrogens is 1. The number of carbonyl (C=O) groups is 1. The zero-order chi connectivity index (χ0) is 16.6. The van der Waals surface area contributed by atoms with Gasteiger partial charge in [0.1, 0.15) is 0 Å². The molecule has 4 nitrogen and oxygen atoms in total. The number of fused-ring (bicyclic) bond motifs is 1. The molecule has 1 amide bonds. The van der Waals surface area contributed by atoms with Gasteiger partial charge in [0.05, 0.1) is 17.3 Å². The quantitative estimate of drug-likeness (QED) is 0.689. The van der Waals surface area contributed by atoms with Gasteiger partial charge < -0.3 is 15.4 Å². The lowest BCUT2D eigenvalue weighted by molar-refractivity contribution is 0.102. The lowest BCUT2D eigenvalue weighted by Gasteiger charge is -2.07. The fraction of sp³-hybridized carbons (Fsp3) is 0.118. The number of aromatic nitrogens is 1. The Balaban J connectivity index is 1.86. The Morgan fingerprint density at radius 1 is 1.17 bits per heavy atom. The Labute approximate surface area is 130 Å². The predicted molar refractivity (Wildman–Crippen MR) is 83.2 cm³/mol. The van der Waals surface area contributed by atoms with Crippen LogP contribution in [0.15, 0.2) is 42.6 Å². The van der Waals surface area contributed by atoms with E-state index in [0.29, 0.717) is 27.7 Å². The van der Waals surface area contributed by atoms with Crippen LogP contribution in [0.2, 0.25) is 0 Å². The minimum atomic E-state index is -0.978. The first-order valence-corrected chi connectivity index (χ1v) is 7.01. The topological polar surface area (TPSA) is 65.1 Å². The average molecular weight is 316 g/mol. The highest BCUT2D eigenvalue weighted by atomic mass is 19.2. The summed E-state index contributed by atoms with van der Waals surface area (Å²) in [4.78, 5) is 15.0. The molecular formula is C17H14F2N2O2. The number of halogens is 2. The van der Waals surface area contributed by atoms with Gasteiger partial charge in [-0.2, -0.15) is 0 Å². The third kappa shape index (κ3) is 2.93. The van der Waals surface area contributed by atoms with Crippen LogP contribution in [0.4, 0.5) is 14.5 Å². The lowest BCUT2D eigenvalue weighted by Crippen LogP contribution is -2.11. The Morgan fingerprint density at radius 2 is 1.83 bits per heavy atom. The largest absolute Gasteiger partial charge is 0.389 e. The van der Waals surface area contributed by atoms with Crippen LogP contribution < -0.4 is 5.32 Å². The number of aromatic amines is 1. The Kier molecular flexibility index (Phi) is 3.83. The molecule has 0 aliphatic carbocycles. The summed E-state index contributed by atoms with van der Waals surface area (Å²) in [6, 6.07) is 8.57. The monoisotopic (exact) mass is 316 g/mol. The minimum Gasteiger partial charge on any atom is -0.389 e. The van der Waals surface area contributed by atoms with E-state index < -0.39 is 17.7 Å². The highest BCUT2D eigenvalue weighted by Gasteiger charge is 2.13. The van der Waals surface area contributed by atoms with Crippen molar-refractivity contribution in [1.29, 1.82) is 0 Å². The molecular weight excluding hydrogens is 302 g/mol. The second kappa shape index (κ2) is 5.81. The maximum atomic E-state index is 13.4. The second-order valence-electron chi connectivity index (χ2n) is 5.27. The SMILES string of the molecule is CC(O)c1ccc(C(=O)Nc2c[nH]c3cc(F)c(F)cc23)cc1. The third-order valence-corrected chi connectivity index (χ3v) is 3.63.